The van der Waals surface area contributed by atoms with E-state index in [2.05, 4.69) is 10.6 Å². The number of halogens is 1. The van der Waals surface area contributed by atoms with Crippen LogP contribution in [0, 0.1) is 5.92 Å². The second-order valence-corrected chi connectivity index (χ2v) is 5.43. The molecule has 2 rings (SSSR count). The third kappa shape index (κ3) is 3.95. The van der Waals surface area contributed by atoms with Gasteiger partial charge >= 0.3 is 0 Å². The van der Waals surface area contributed by atoms with Crippen LogP contribution in [0.3, 0.4) is 0 Å². The smallest absolute Gasteiger partial charge is 0.248 e. The average Bonchev–Trinajstić information content (AvgIpc) is 2.42. The Balaban J connectivity index is 1.99. The number of primary amides is 1. The maximum Gasteiger partial charge on any atom is 0.248 e. The number of hydrogen-bond donors (Lipinski definition) is 3. The van der Waals surface area contributed by atoms with Crippen LogP contribution in [0.1, 0.15) is 29.6 Å². The van der Waals surface area contributed by atoms with Gasteiger partial charge in [0.05, 0.1) is 10.7 Å². The molecule has 1 aliphatic heterocycles. The molecule has 0 bridgehead atoms. The summed E-state index contributed by atoms with van der Waals surface area (Å²) in [5.74, 6) is -0.294. The van der Waals surface area contributed by atoms with Crippen molar-refractivity contribution in [3.63, 3.8) is 0 Å². The van der Waals surface area contributed by atoms with Crippen LogP contribution in [-0.2, 0) is 4.79 Å². The predicted octanol–water partition coefficient (Wildman–Crippen LogP) is 1.77. The molecule has 0 aliphatic carbocycles. The lowest BCUT2D eigenvalue weighted by molar-refractivity contribution is -0.117. The lowest BCUT2D eigenvalue weighted by atomic mass is 9.96. The zero-order valence-electron chi connectivity index (χ0n) is 11.1. The number of carbonyl (C=O) groups excluding carboxylic acids is 2. The van der Waals surface area contributed by atoms with Gasteiger partial charge in [0.15, 0.2) is 0 Å². The van der Waals surface area contributed by atoms with Crippen molar-refractivity contribution in [1.29, 1.82) is 0 Å². The van der Waals surface area contributed by atoms with E-state index in [1.807, 2.05) is 0 Å². The van der Waals surface area contributed by atoms with Crippen LogP contribution in [-0.4, -0.2) is 24.9 Å². The second-order valence-electron chi connectivity index (χ2n) is 5.02. The van der Waals surface area contributed by atoms with Crippen LogP contribution >= 0.6 is 11.6 Å². The first kappa shape index (κ1) is 14.8. The van der Waals surface area contributed by atoms with Gasteiger partial charge in [-0.25, -0.2) is 0 Å². The molecule has 1 heterocycles. The van der Waals surface area contributed by atoms with Crippen LogP contribution in [0.5, 0.6) is 0 Å². The topological polar surface area (TPSA) is 84.2 Å². The molecular weight excluding hydrogens is 278 g/mol. The summed E-state index contributed by atoms with van der Waals surface area (Å²) in [7, 11) is 0. The summed E-state index contributed by atoms with van der Waals surface area (Å²) in [4.78, 5) is 23.1. The highest BCUT2D eigenvalue weighted by molar-refractivity contribution is 6.33. The molecular formula is C14H18ClN3O2. The Bertz CT molecular complexity index is 513. The Hall–Kier alpha value is -1.59. The van der Waals surface area contributed by atoms with E-state index in [1.165, 1.54) is 12.1 Å². The molecule has 1 fully saturated rings. The molecule has 2 amide bonds. The van der Waals surface area contributed by atoms with Gasteiger partial charge in [-0.15, -0.1) is 0 Å². The maximum atomic E-state index is 12.0. The summed E-state index contributed by atoms with van der Waals surface area (Å²) >= 11 is 6.01. The number of amides is 2. The second kappa shape index (κ2) is 6.72. The molecule has 1 atom stereocenters. The minimum atomic E-state index is -0.548. The van der Waals surface area contributed by atoms with Crippen LogP contribution in [0.4, 0.5) is 5.69 Å². The number of nitrogens with two attached hydrogens (primary N) is 1. The Labute approximate surface area is 122 Å². The lowest BCUT2D eigenvalue weighted by Gasteiger charge is -2.22. The number of carbonyl (C=O) groups is 2. The third-order valence-electron chi connectivity index (χ3n) is 3.40. The van der Waals surface area contributed by atoms with Crippen molar-refractivity contribution in [3.05, 3.63) is 28.8 Å². The van der Waals surface area contributed by atoms with Crippen LogP contribution in [0.25, 0.3) is 0 Å². The molecule has 0 aromatic heterocycles. The molecule has 0 saturated carbocycles. The number of benzene rings is 1. The van der Waals surface area contributed by atoms with E-state index in [9.17, 15) is 9.59 Å². The first-order valence-corrected chi connectivity index (χ1v) is 7.04. The highest BCUT2D eigenvalue weighted by Crippen LogP contribution is 2.24. The minimum Gasteiger partial charge on any atom is -0.366 e. The lowest BCUT2D eigenvalue weighted by Crippen LogP contribution is -2.32. The van der Waals surface area contributed by atoms with Crippen LogP contribution in [0.15, 0.2) is 18.2 Å². The van der Waals surface area contributed by atoms with E-state index in [4.69, 9.17) is 17.3 Å². The van der Waals surface area contributed by atoms with Gasteiger partial charge < -0.3 is 16.4 Å². The van der Waals surface area contributed by atoms with E-state index < -0.39 is 5.91 Å². The molecule has 1 aromatic carbocycles. The highest BCUT2D eigenvalue weighted by Gasteiger charge is 2.17. The normalized spacial score (nSPS) is 18.6. The SMILES string of the molecule is NC(=O)c1ccc(Cl)c(NC(=O)CC2CCCNC2)c1. The molecule has 1 aromatic rings. The zero-order chi connectivity index (χ0) is 14.5. The van der Waals surface area contributed by atoms with Crippen molar-refractivity contribution in [2.24, 2.45) is 11.7 Å². The molecule has 4 N–H and O–H groups in total. The van der Waals surface area contributed by atoms with Gasteiger partial charge in [-0.2, -0.15) is 0 Å². The van der Waals surface area contributed by atoms with Crippen molar-refractivity contribution in [2.45, 2.75) is 19.3 Å². The maximum absolute atomic E-state index is 12.0. The Kier molecular flexibility index (Phi) is 4.98. The van der Waals surface area contributed by atoms with Gasteiger partial charge in [0.1, 0.15) is 0 Å². The van der Waals surface area contributed by atoms with Gasteiger partial charge in [0, 0.05) is 12.0 Å². The van der Waals surface area contributed by atoms with Gasteiger partial charge in [0.25, 0.3) is 0 Å². The fraction of sp³-hybridized carbons (Fsp3) is 0.429. The number of rotatable bonds is 4. The van der Waals surface area contributed by atoms with E-state index in [1.54, 1.807) is 6.07 Å². The standard InChI is InChI=1S/C14H18ClN3O2/c15-11-4-3-10(14(16)20)7-12(11)18-13(19)6-9-2-1-5-17-8-9/h3-4,7,9,17H,1-2,5-6,8H2,(H2,16,20)(H,18,19). The molecule has 1 unspecified atom stereocenters. The van der Waals surface area contributed by atoms with Gasteiger partial charge in [-0.05, 0) is 50.0 Å². The molecule has 1 saturated heterocycles. The molecule has 5 nitrogen and oxygen atoms in total. The monoisotopic (exact) mass is 295 g/mol. The van der Waals surface area contributed by atoms with E-state index in [0.29, 0.717) is 28.6 Å². The molecule has 0 radical (unpaired) electrons. The van der Waals surface area contributed by atoms with E-state index in [0.717, 1.165) is 25.9 Å². The molecule has 1 aliphatic rings. The molecule has 0 spiro atoms. The summed E-state index contributed by atoms with van der Waals surface area (Å²) in [6.07, 6.45) is 2.59. The van der Waals surface area contributed by atoms with Crippen molar-refractivity contribution in [2.75, 3.05) is 18.4 Å². The Morgan fingerprint density at radius 3 is 2.90 bits per heavy atom. The summed E-state index contributed by atoms with van der Waals surface area (Å²) in [6.45, 7) is 1.88. The zero-order valence-corrected chi connectivity index (χ0v) is 11.9. The molecule has 108 valence electrons. The Morgan fingerprint density at radius 2 is 2.25 bits per heavy atom. The first-order chi connectivity index (χ1) is 9.56. The number of nitrogens with one attached hydrogen (secondary N) is 2. The van der Waals surface area contributed by atoms with Crippen molar-refractivity contribution < 1.29 is 9.59 Å². The number of piperidine rings is 1. The highest BCUT2D eigenvalue weighted by atomic mass is 35.5. The van der Waals surface area contributed by atoms with Crippen molar-refractivity contribution in [1.82, 2.24) is 5.32 Å². The fourth-order valence-corrected chi connectivity index (χ4v) is 2.50. The average molecular weight is 296 g/mol. The van der Waals surface area contributed by atoms with Gasteiger partial charge in [-0.1, -0.05) is 11.6 Å². The van der Waals surface area contributed by atoms with Crippen molar-refractivity contribution in [3.8, 4) is 0 Å². The molecule has 6 heteroatoms. The first-order valence-electron chi connectivity index (χ1n) is 6.66. The summed E-state index contributed by atoms with van der Waals surface area (Å²) in [5, 5.41) is 6.41. The summed E-state index contributed by atoms with van der Waals surface area (Å²) in [6, 6.07) is 4.59. The van der Waals surface area contributed by atoms with E-state index in [-0.39, 0.29) is 5.91 Å². The summed E-state index contributed by atoms with van der Waals surface area (Å²) < 4.78 is 0. The van der Waals surface area contributed by atoms with Crippen LogP contribution in [0.2, 0.25) is 5.02 Å². The number of anilines is 1. The third-order valence-corrected chi connectivity index (χ3v) is 3.73. The number of hydrogen-bond acceptors (Lipinski definition) is 3. The van der Waals surface area contributed by atoms with Gasteiger partial charge in [0.2, 0.25) is 11.8 Å². The molecule has 20 heavy (non-hydrogen) atoms. The van der Waals surface area contributed by atoms with Gasteiger partial charge in [-0.3, -0.25) is 9.59 Å². The largest absolute Gasteiger partial charge is 0.366 e. The fourth-order valence-electron chi connectivity index (χ4n) is 2.34. The van der Waals surface area contributed by atoms with Crippen LogP contribution < -0.4 is 16.4 Å². The quantitative estimate of drug-likeness (QED) is 0.791. The Morgan fingerprint density at radius 1 is 1.45 bits per heavy atom. The van der Waals surface area contributed by atoms with Crippen molar-refractivity contribution >= 4 is 29.1 Å². The van der Waals surface area contributed by atoms with E-state index >= 15 is 0 Å². The predicted molar refractivity (Wildman–Crippen MR) is 78.8 cm³/mol. The summed E-state index contributed by atoms with van der Waals surface area (Å²) in [5.41, 5.74) is 5.96. The minimum absolute atomic E-state index is 0.0952.